The van der Waals surface area contributed by atoms with Crippen LogP contribution in [0.1, 0.15) is 16.1 Å². The van der Waals surface area contributed by atoms with Gasteiger partial charge < -0.3 is 19.8 Å². The topological polar surface area (TPSA) is 63.3 Å². The molecule has 0 aliphatic rings. The van der Waals surface area contributed by atoms with E-state index in [1.165, 1.54) is 19.2 Å². The third kappa shape index (κ3) is 4.75. The molecule has 1 amide bonds. The van der Waals surface area contributed by atoms with Crippen LogP contribution < -0.4 is 14.8 Å². The van der Waals surface area contributed by atoms with E-state index in [0.717, 1.165) is 5.56 Å². The lowest BCUT2D eigenvalue weighted by atomic mass is 10.1. The summed E-state index contributed by atoms with van der Waals surface area (Å²) in [7, 11) is 1.36. The first-order chi connectivity index (χ1) is 11.4. The number of aromatic amines is 1. The number of aromatic nitrogens is 1. The molecule has 0 saturated heterocycles. The van der Waals surface area contributed by atoms with E-state index in [9.17, 15) is 13.6 Å². The van der Waals surface area contributed by atoms with Gasteiger partial charge in [-0.1, -0.05) is 29.3 Å². The first-order valence-electron chi connectivity index (χ1n) is 6.84. The summed E-state index contributed by atoms with van der Waals surface area (Å²) in [6.45, 7) is -2.60. The molecule has 0 aliphatic heterocycles. The highest BCUT2D eigenvalue weighted by molar-refractivity contribution is 6.41. The van der Waals surface area contributed by atoms with Crippen molar-refractivity contribution in [3.8, 4) is 11.5 Å². The summed E-state index contributed by atoms with van der Waals surface area (Å²) in [5.74, 6) is -0.202. The number of alkyl halides is 2. The normalized spacial score (nSPS) is 10.8. The number of amides is 1. The fourth-order valence-electron chi connectivity index (χ4n) is 2.00. The summed E-state index contributed by atoms with van der Waals surface area (Å²) in [6, 6.07) is 6.02. The molecular formula is C15H14Cl2F2N2O3. The average Bonchev–Trinajstić information content (AvgIpc) is 2.87. The third-order valence-corrected chi connectivity index (χ3v) is 3.81. The molecule has 0 radical (unpaired) electrons. The first kappa shape index (κ1) is 18.4. The lowest BCUT2D eigenvalue weighted by Crippen LogP contribution is -2.25. The van der Waals surface area contributed by atoms with Crippen molar-refractivity contribution in [2.75, 3.05) is 13.7 Å². The lowest BCUT2D eigenvalue weighted by Gasteiger charge is -2.11. The fraction of sp³-hybridized carbons (Fsp3) is 0.267. The van der Waals surface area contributed by atoms with Crippen molar-refractivity contribution in [2.45, 2.75) is 13.0 Å². The van der Waals surface area contributed by atoms with Crippen molar-refractivity contribution in [3.05, 3.63) is 45.7 Å². The second kappa shape index (κ2) is 8.21. The van der Waals surface area contributed by atoms with Gasteiger partial charge in [-0.2, -0.15) is 8.78 Å². The van der Waals surface area contributed by atoms with Crippen molar-refractivity contribution in [1.29, 1.82) is 0 Å². The van der Waals surface area contributed by atoms with Crippen LogP contribution in [0, 0.1) is 0 Å². The van der Waals surface area contributed by atoms with Crippen molar-refractivity contribution in [1.82, 2.24) is 10.3 Å². The van der Waals surface area contributed by atoms with Crippen LogP contribution in [0.15, 0.2) is 24.3 Å². The number of hydrogen-bond donors (Lipinski definition) is 2. The van der Waals surface area contributed by atoms with E-state index in [0.29, 0.717) is 13.0 Å². The molecule has 0 saturated carbocycles. The van der Waals surface area contributed by atoms with Crippen LogP contribution in [0.3, 0.4) is 0 Å². The smallest absolute Gasteiger partial charge is 0.387 e. The minimum atomic E-state index is -2.93. The van der Waals surface area contributed by atoms with Crippen LogP contribution >= 0.6 is 23.2 Å². The van der Waals surface area contributed by atoms with Crippen molar-refractivity contribution >= 4 is 29.1 Å². The summed E-state index contributed by atoms with van der Waals surface area (Å²) in [5.41, 5.74) is 1.04. The van der Waals surface area contributed by atoms with E-state index in [2.05, 4.69) is 15.0 Å². The van der Waals surface area contributed by atoms with Gasteiger partial charge in [0.15, 0.2) is 11.5 Å². The molecule has 0 atom stereocenters. The molecule has 1 aromatic heterocycles. The zero-order valence-electron chi connectivity index (χ0n) is 12.5. The van der Waals surface area contributed by atoms with Gasteiger partial charge in [-0.15, -0.1) is 0 Å². The predicted octanol–water partition coefficient (Wildman–Crippen LogP) is 3.90. The van der Waals surface area contributed by atoms with Crippen LogP contribution in [-0.4, -0.2) is 31.2 Å². The highest BCUT2D eigenvalue weighted by Crippen LogP contribution is 2.29. The summed E-state index contributed by atoms with van der Waals surface area (Å²) in [4.78, 5) is 14.6. The summed E-state index contributed by atoms with van der Waals surface area (Å²) < 4.78 is 33.9. The zero-order valence-corrected chi connectivity index (χ0v) is 14.0. The van der Waals surface area contributed by atoms with Gasteiger partial charge in [0.05, 0.1) is 12.1 Å². The standard InChI is InChI=1S/C15H14Cl2F2N2O3/c1-23-12-6-8(2-3-11(12)24-15(18)19)4-5-20-14(22)10-7-9(16)13(17)21-10/h2-3,6-7,15,21H,4-5H2,1H3,(H,20,22). The Labute approximate surface area is 146 Å². The van der Waals surface area contributed by atoms with E-state index in [-0.39, 0.29) is 33.3 Å². The van der Waals surface area contributed by atoms with Gasteiger partial charge in [-0.3, -0.25) is 4.79 Å². The molecule has 0 fully saturated rings. The minimum absolute atomic E-state index is 0.0454. The maximum atomic E-state index is 12.3. The van der Waals surface area contributed by atoms with Crippen LogP contribution in [0.2, 0.25) is 10.2 Å². The van der Waals surface area contributed by atoms with Gasteiger partial charge in [-0.05, 0) is 30.2 Å². The number of methoxy groups -OCH3 is 1. The number of nitrogens with one attached hydrogen (secondary N) is 2. The van der Waals surface area contributed by atoms with E-state index >= 15 is 0 Å². The van der Waals surface area contributed by atoms with Crippen LogP contribution in [0.25, 0.3) is 0 Å². The monoisotopic (exact) mass is 378 g/mol. The van der Waals surface area contributed by atoms with Gasteiger partial charge in [0.25, 0.3) is 5.91 Å². The molecule has 5 nitrogen and oxygen atoms in total. The summed E-state index contributed by atoms with van der Waals surface area (Å²) in [6.07, 6.45) is 0.471. The van der Waals surface area contributed by atoms with Crippen LogP contribution in [0.5, 0.6) is 11.5 Å². The SMILES string of the molecule is COc1cc(CCNC(=O)c2cc(Cl)c(Cl)[nH]2)ccc1OC(F)F. The molecule has 130 valence electrons. The zero-order chi connectivity index (χ0) is 17.7. The quantitative estimate of drug-likeness (QED) is 0.767. The molecule has 1 heterocycles. The van der Waals surface area contributed by atoms with Gasteiger partial charge in [-0.25, -0.2) is 0 Å². The minimum Gasteiger partial charge on any atom is -0.493 e. The highest BCUT2D eigenvalue weighted by Gasteiger charge is 2.13. The summed E-state index contributed by atoms with van der Waals surface area (Å²) in [5, 5.41) is 3.15. The van der Waals surface area contributed by atoms with Crippen molar-refractivity contribution < 1.29 is 23.0 Å². The van der Waals surface area contributed by atoms with Crippen LogP contribution in [-0.2, 0) is 6.42 Å². The number of H-pyrrole nitrogens is 1. The summed E-state index contributed by atoms with van der Waals surface area (Å²) >= 11 is 11.5. The van der Waals surface area contributed by atoms with Crippen LogP contribution in [0.4, 0.5) is 8.78 Å². The molecule has 0 aliphatic carbocycles. The van der Waals surface area contributed by atoms with Gasteiger partial charge in [0.2, 0.25) is 0 Å². The number of benzene rings is 1. The molecule has 24 heavy (non-hydrogen) atoms. The molecule has 0 bridgehead atoms. The first-order valence-corrected chi connectivity index (χ1v) is 7.60. The largest absolute Gasteiger partial charge is 0.493 e. The lowest BCUT2D eigenvalue weighted by molar-refractivity contribution is -0.0512. The molecule has 2 rings (SSSR count). The molecule has 0 spiro atoms. The molecule has 1 aromatic carbocycles. The second-order valence-electron chi connectivity index (χ2n) is 4.71. The Balaban J connectivity index is 1.93. The van der Waals surface area contributed by atoms with Gasteiger partial charge >= 0.3 is 6.61 Å². The molecule has 0 unspecified atom stereocenters. The van der Waals surface area contributed by atoms with Gasteiger partial charge in [0, 0.05) is 6.54 Å². The van der Waals surface area contributed by atoms with E-state index in [1.54, 1.807) is 12.1 Å². The van der Waals surface area contributed by atoms with Crippen molar-refractivity contribution in [3.63, 3.8) is 0 Å². The Bertz CT molecular complexity index is 703. The van der Waals surface area contributed by atoms with E-state index in [4.69, 9.17) is 27.9 Å². The average molecular weight is 379 g/mol. The predicted molar refractivity (Wildman–Crippen MR) is 86.5 cm³/mol. The molecular weight excluding hydrogens is 365 g/mol. The number of rotatable bonds is 7. The highest BCUT2D eigenvalue weighted by atomic mass is 35.5. The number of halogens is 4. The maximum absolute atomic E-state index is 12.3. The number of hydrogen-bond acceptors (Lipinski definition) is 3. The fourth-order valence-corrected chi connectivity index (χ4v) is 2.32. The molecule has 2 N–H and O–H groups in total. The Morgan fingerprint density at radius 3 is 2.62 bits per heavy atom. The van der Waals surface area contributed by atoms with Gasteiger partial charge in [0.1, 0.15) is 10.8 Å². The third-order valence-electron chi connectivity index (χ3n) is 3.11. The second-order valence-corrected chi connectivity index (χ2v) is 5.50. The van der Waals surface area contributed by atoms with Crippen molar-refractivity contribution in [2.24, 2.45) is 0 Å². The maximum Gasteiger partial charge on any atom is 0.387 e. The Morgan fingerprint density at radius 2 is 2.04 bits per heavy atom. The van der Waals surface area contributed by atoms with E-state index < -0.39 is 6.61 Å². The Morgan fingerprint density at radius 1 is 1.29 bits per heavy atom. The molecule has 9 heteroatoms. The number of carbonyl (C=O) groups excluding carboxylic acids is 1. The molecule has 2 aromatic rings. The number of ether oxygens (including phenoxy) is 2. The Hall–Kier alpha value is -1.99. The Kier molecular flexibility index (Phi) is 6.28. The number of carbonyl (C=O) groups is 1. The van der Waals surface area contributed by atoms with E-state index in [1.807, 2.05) is 0 Å².